The van der Waals surface area contributed by atoms with Gasteiger partial charge in [-0.25, -0.2) is 0 Å². The third-order valence-electron chi connectivity index (χ3n) is 9.90. The number of anilines is 1. The molecule has 2 amide bonds. The van der Waals surface area contributed by atoms with Crippen molar-refractivity contribution < 1.29 is 9.59 Å². The van der Waals surface area contributed by atoms with Gasteiger partial charge < -0.3 is 9.80 Å². The van der Waals surface area contributed by atoms with Crippen molar-refractivity contribution in [2.45, 2.75) is 69.4 Å². The number of hydrogen-bond acceptors (Lipinski definition) is 4. The summed E-state index contributed by atoms with van der Waals surface area (Å²) >= 11 is 0. The quantitative estimate of drug-likeness (QED) is 0.660. The van der Waals surface area contributed by atoms with Crippen LogP contribution in [0, 0.1) is 23.7 Å². The molecule has 172 valence electrons. The lowest BCUT2D eigenvalue weighted by Crippen LogP contribution is -2.59. The monoisotopic (exact) mass is 435 g/mol. The second kappa shape index (κ2) is 7.86. The van der Waals surface area contributed by atoms with Crippen molar-refractivity contribution >= 4 is 17.5 Å². The third-order valence-corrected chi connectivity index (χ3v) is 9.90. The average Bonchev–Trinajstić information content (AvgIpc) is 3.28. The fraction of sp³-hybridized carbons (Fsp3) is 0.704. The van der Waals surface area contributed by atoms with Crippen LogP contribution in [0.4, 0.5) is 5.69 Å². The molecule has 32 heavy (non-hydrogen) atoms. The van der Waals surface area contributed by atoms with E-state index in [1.54, 1.807) is 7.05 Å². The fourth-order valence-electron chi connectivity index (χ4n) is 8.22. The normalized spacial score (nSPS) is 37.1. The lowest BCUT2D eigenvalue weighted by atomic mass is 9.68. The summed E-state index contributed by atoms with van der Waals surface area (Å²) in [6.45, 7) is 2.79. The molecule has 5 aliphatic rings. The molecule has 5 fully saturated rings. The molecule has 5 atom stereocenters. The number of likely N-dealkylation sites (tertiary alicyclic amines) is 2. The smallest absolute Gasteiger partial charge is 0.235 e. The van der Waals surface area contributed by atoms with E-state index >= 15 is 0 Å². The zero-order valence-electron chi connectivity index (χ0n) is 19.4. The van der Waals surface area contributed by atoms with E-state index in [9.17, 15) is 9.59 Å². The second-order valence-corrected chi connectivity index (χ2v) is 11.2. The minimum absolute atomic E-state index is 0.0239. The topological polar surface area (TPSA) is 43.9 Å². The largest absolute Gasteiger partial charge is 0.364 e. The van der Waals surface area contributed by atoms with Crippen LogP contribution in [0.25, 0.3) is 0 Å². The summed E-state index contributed by atoms with van der Waals surface area (Å²) in [5.74, 6) is 1.63. The van der Waals surface area contributed by atoms with Crippen LogP contribution in [-0.4, -0.2) is 59.9 Å². The molecule has 0 aromatic heterocycles. The number of carbonyl (C=O) groups is 2. The minimum atomic E-state index is -0.220. The van der Waals surface area contributed by atoms with Crippen molar-refractivity contribution in [1.82, 2.24) is 9.80 Å². The van der Waals surface area contributed by atoms with Gasteiger partial charge >= 0.3 is 0 Å². The van der Waals surface area contributed by atoms with E-state index in [0.29, 0.717) is 6.54 Å². The number of hydrogen-bond donors (Lipinski definition) is 0. The number of para-hydroxylation sites is 1. The lowest BCUT2D eigenvalue weighted by Gasteiger charge is -2.51. The number of fused-ring (bicyclic) bond motifs is 3. The number of benzene rings is 1. The molecule has 1 aromatic rings. The molecule has 2 saturated carbocycles. The first-order chi connectivity index (χ1) is 15.6. The molecule has 3 heterocycles. The molecule has 3 saturated heterocycles. The molecular weight excluding hydrogens is 398 g/mol. The van der Waals surface area contributed by atoms with Crippen molar-refractivity contribution in [2.24, 2.45) is 23.7 Å². The van der Waals surface area contributed by atoms with Gasteiger partial charge in [0.2, 0.25) is 11.8 Å². The van der Waals surface area contributed by atoms with Gasteiger partial charge in [0.15, 0.2) is 0 Å². The van der Waals surface area contributed by atoms with Gasteiger partial charge in [0, 0.05) is 38.4 Å². The van der Waals surface area contributed by atoms with Gasteiger partial charge in [-0.15, -0.1) is 0 Å². The molecule has 5 nitrogen and oxygen atoms in total. The Morgan fingerprint density at radius 2 is 1.59 bits per heavy atom. The summed E-state index contributed by atoms with van der Waals surface area (Å²) in [5.41, 5.74) is 0.948. The maximum atomic E-state index is 13.3. The molecule has 0 bridgehead atoms. The highest BCUT2D eigenvalue weighted by Gasteiger charge is 2.64. The fourth-order valence-corrected chi connectivity index (χ4v) is 8.22. The van der Waals surface area contributed by atoms with Crippen molar-refractivity contribution in [3.63, 3.8) is 0 Å². The van der Waals surface area contributed by atoms with Gasteiger partial charge in [0.25, 0.3) is 0 Å². The first kappa shape index (κ1) is 20.7. The molecule has 1 spiro atoms. The Kier molecular flexibility index (Phi) is 5.09. The van der Waals surface area contributed by atoms with E-state index in [1.807, 2.05) is 6.07 Å². The molecule has 2 aliphatic carbocycles. The molecular formula is C27H37N3O2. The van der Waals surface area contributed by atoms with Gasteiger partial charge in [-0.1, -0.05) is 43.9 Å². The van der Waals surface area contributed by atoms with Gasteiger partial charge in [0.1, 0.15) is 0 Å². The summed E-state index contributed by atoms with van der Waals surface area (Å²) < 4.78 is 0. The average molecular weight is 436 g/mol. The number of amides is 2. The molecule has 1 aromatic carbocycles. The van der Waals surface area contributed by atoms with Gasteiger partial charge in [0.05, 0.1) is 17.4 Å². The molecule has 5 heteroatoms. The lowest BCUT2D eigenvalue weighted by molar-refractivity contribution is -0.139. The van der Waals surface area contributed by atoms with Crippen LogP contribution in [0.5, 0.6) is 0 Å². The Bertz CT molecular complexity index is 878. The zero-order valence-corrected chi connectivity index (χ0v) is 19.4. The minimum Gasteiger partial charge on any atom is -0.364 e. The van der Waals surface area contributed by atoms with Crippen LogP contribution < -0.4 is 4.90 Å². The Morgan fingerprint density at radius 3 is 2.34 bits per heavy atom. The molecule has 0 radical (unpaired) electrons. The standard InChI is InChI=1S/C27H37N3O2/c1-28-25(31)23-18-30(21-9-3-2-4-10-21)27(24(23)26(28)32)13-15-29(16-14-27)22-12-11-19-7-5-6-8-20(19)17-22/h2-4,9-10,19-20,22-24H,5-8,11-18H2,1H3. The Morgan fingerprint density at radius 1 is 0.875 bits per heavy atom. The highest BCUT2D eigenvalue weighted by atomic mass is 16.2. The van der Waals surface area contributed by atoms with Gasteiger partial charge in [-0.3, -0.25) is 14.5 Å². The van der Waals surface area contributed by atoms with Crippen LogP contribution >= 0.6 is 0 Å². The second-order valence-electron chi connectivity index (χ2n) is 11.2. The number of nitrogens with zero attached hydrogens (tertiary/aromatic N) is 3. The number of piperidine rings is 1. The van der Waals surface area contributed by atoms with E-state index in [-0.39, 0.29) is 29.2 Å². The summed E-state index contributed by atoms with van der Waals surface area (Å²) in [7, 11) is 1.68. The van der Waals surface area contributed by atoms with Gasteiger partial charge in [-0.05, 0) is 56.1 Å². The summed E-state index contributed by atoms with van der Waals surface area (Å²) in [4.78, 5) is 32.8. The highest BCUT2D eigenvalue weighted by Crippen LogP contribution is 2.52. The van der Waals surface area contributed by atoms with Crippen LogP contribution in [0.2, 0.25) is 0 Å². The van der Waals surface area contributed by atoms with Crippen LogP contribution in [0.1, 0.15) is 57.8 Å². The first-order valence-electron chi connectivity index (χ1n) is 13.0. The molecule has 5 unspecified atom stereocenters. The Labute approximate surface area is 192 Å². The van der Waals surface area contributed by atoms with E-state index in [2.05, 4.69) is 34.1 Å². The first-order valence-corrected chi connectivity index (χ1v) is 13.0. The summed E-state index contributed by atoms with van der Waals surface area (Å²) in [6, 6.07) is 11.2. The van der Waals surface area contributed by atoms with Crippen LogP contribution in [0.3, 0.4) is 0 Å². The van der Waals surface area contributed by atoms with E-state index < -0.39 is 0 Å². The van der Waals surface area contributed by atoms with Crippen LogP contribution in [-0.2, 0) is 9.59 Å². The van der Waals surface area contributed by atoms with E-state index in [1.165, 1.54) is 55.5 Å². The van der Waals surface area contributed by atoms with Crippen molar-refractivity contribution in [3.05, 3.63) is 30.3 Å². The van der Waals surface area contributed by atoms with Crippen LogP contribution in [0.15, 0.2) is 30.3 Å². The zero-order chi connectivity index (χ0) is 21.9. The van der Waals surface area contributed by atoms with Gasteiger partial charge in [-0.2, -0.15) is 0 Å². The Balaban J connectivity index is 1.24. The third kappa shape index (κ3) is 3.07. The Hall–Kier alpha value is -1.88. The number of carbonyl (C=O) groups excluding carboxylic acids is 2. The number of rotatable bonds is 2. The predicted molar refractivity (Wildman–Crippen MR) is 125 cm³/mol. The molecule has 6 rings (SSSR count). The van der Waals surface area contributed by atoms with Crippen molar-refractivity contribution in [2.75, 3.05) is 31.6 Å². The number of imide groups is 1. The maximum Gasteiger partial charge on any atom is 0.235 e. The summed E-state index contributed by atoms with van der Waals surface area (Å²) in [5, 5.41) is 0. The predicted octanol–water partition coefficient (Wildman–Crippen LogP) is 3.93. The SMILES string of the molecule is CN1C(=O)C2CN(c3ccccc3)C3(CCN(C4CCC5CCCCC5C4)CC3)C2C1=O. The molecule has 0 N–H and O–H groups in total. The maximum absolute atomic E-state index is 13.3. The van der Waals surface area contributed by atoms with Crippen molar-refractivity contribution in [1.29, 1.82) is 0 Å². The highest BCUT2D eigenvalue weighted by molar-refractivity contribution is 6.07. The van der Waals surface area contributed by atoms with E-state index in [0.717, 1.165) is 43.8 Å². The van der Waals surface area contributed by atoms with Crippen molar-refractivity contribution in [3.8, 4) is 0 Å². The summed E-state index contributed by atoms with van der Waals surface area (Å²) in [6.07, 6.45) is 11.9. The molecule has 3 aliphatic heterocycles. The van der Waals surface area contributed by atoms with E-state index in [4.69, 9.17) is 0 Å².